The van der Waals surface area contributed by atoms with Crippen molar-refractivity contribution in [2.45, 2.75) is 82.6 Å². The molecule has 1 saturated carbocycles. The summed E-state index contributed by atoms with van der Waals surface area (Å²) < 4.78 is 72.5. The lowest BCUT2D eigenvalue weighted by Crippen LogP contribution is -2.52. The Morgan fingerprint density at radius 3 is 2.39 bits per heavy atom. The number of nitrogens with one attached hydrogen (secondary N) is 1. The molecule has 214 valence electrons. The van der Waals surface area contributed by atoms with Gasteiger partial charge >= 0.3 is 12.3 Å². The van der Waals surface area contributed by atoms with E-state index in [1.54, 1.807) is 20.8 Å². The minimum atomic E-state index is -4.65. The Hall–Kier alpha value is -2.34. The number of rotatable bonds is 7. The van der Waals surface area contributed by atoms with Gasteiger partial charge in [0.05, 0.1) is 10.5 Å². The molecule has 3 unspecified atom stereocenters. The van der Waals surface area contributed by atoms with Crippen molar-refractivity contribution in [3.05, 3.63) is 29.8 Å². The molecule has 0 spiro atoms. The molecule has 0 aromatic heterocycles. The van der Waals surface area contributed by atoms with Crippen molar-refractivity contribution in [3.8, 4) is 0 Å². The first-order valence-electron chi connectivity index (χ1n) is 12.8. The Bertz CT molecular complexity index is 1130. The number of sulfonamides is 1. The highest BCUT2D eigenvalue weighted by molar-refractivity contribution is 7.89. The van der Waals surface area contributed by atoms with E-state index in [2.05, 4.69) is 5.32 Å². The summed E-state index contributed by atoms with van der Waals surface area (Å²) in [6.45, 7) is 9.41. The van der Waals surface area contributed by atoms with Crippen LogP contribution >= 0.6 is 0 Å². The Morgan fingerprint density at radius 1 is 1.16 bits per heavy atom. The topological polar surface area (TPSA) is 96.0 Å². The van der Waals surface area contributed by atoms with Gasteiger partial charge in [0.15, 0.2) is 0 Å². The highest BCUT2D eigenvalue weighted by Crippen LogP contribution is 2.41. The van der Waals surface area contributed by atoms with Gasteiger partial charge in [-0.3, -0.25) is 9.69 Å². The molecular weight excluding hydrogens is 523 g/mol. The van der Waals surface area contributed by atoms with E-state index in [0.717, 1.165) is 12.1 Å². The van der Waals surface area contributed by atoms with Crippen molar-refractivity contribution in [1.82, 2.24) is 14.5 Å². The third kappa shape index (κ3) is 6.99. The minimum absolute atomic E-state index is 0.0204. The zero-order chi connectivity index (χ0) is 28.6. The highest BCUT2D eigenvalue weighted by atomic mass is 32.2. The molecule has 1 N–H and O–H groups in total. The van der Waals surface area contributed by atoms with Crippen molar-refractivity contribution in [3.63, 3.8) is 0 Å². The predicted molar refractivity (Wildman–Crippen MR) is 136 cm³/mol. The van der Waals surface area contributed by atoms with Crippen molar-refractivity contribution in [1.29, 1.82) is 0 Å². The summed E-state index contributed by atoms with van der Waals surface area (Å²) in [7, 11) is -2.61. The number of hydrogen-bond donors (Lipinski definition) is 1. The maximum absolute atomic E-state index is 13.4. The van der Waals surface area contributed by atoms with Crippen molar-refractivity contribution in [2.75, 3.05) is 20.1 Å². The predicted octanol–water partition coefficient (Wildman–Crippen LogP) is 4.50. The molecule has 2 amide bonds. The zero-order valence-electron chi connectivity index (χ0n) is 22.7. The average molecular weight is 562 g/mol. The van der Waals surface area contributed by atoms with Gasteiger partial charge in [0.25, 0.3) is 0 Å². The van der Waals surface area contributed by atoms with Crippen LogP contribution in [0.25, 0.3) is 0 Å². The second-order valence-corrected chi connectivity index (χ2v) is 13.6. The van der Waals surface area contributed by atoms with Crippen LogP contribution in [0.4, 0.5) is 18.0 Å². The molecule has 1 aliphatic heterocycles. The third-order valence-electron chi connectivity index (χ3n) is 7.10. The molecule has 1 aromatic carbocycles. The molecule has 0 radical (unpaired) electrons. The average Bonchev–Trinajstić information content (AvgIpc) is 3.37. The number of nitrogens with zero attached hydrogens (tertiary/aromatic N) is 2. The largest absolute Gasteiger partial charge is 0.444 e. The normalized spacial score (nSPS) is 23.3. The van der Waals surface area contributed by atoms with Crippen LogP contribution in [0.3, 0.4) is 0 Å². The van der Waals surface area contributed by atoms with E-state index in [1.165, 1.54) is 22.3 Å². The summed E-state index contributed by atoms with van der Waals surface area (Å²) in [4.78, 5) is 26.9. The molecule has 8 nitrogen and oxygen atoms in total. The van der Waals surface area contributed by atoms with E-state index < -0.39 is 44.4 Å². The molecule has 1 aromatic rings. The van der Waals surface area contributed by atoms with E-state index in [0.29, 0.717) is 25.3 Å². The number of alkyl halides is 3. The van der Waals surface area contributed by atoms with Crippen molar-refractivity contribution < 1.29 is 35.9 Å². The second-order valence-electron chi connectivity index (χ2n) is 11.7. The monoisotopic (exact) mass is 561 g/mol. The fourth-order valence-electron chi connectivity index (χ4n) is 5.21. The van der Waals surface area contributed by atoms with E-state index in [-0.39, 0.29) is 42.8 Å². The maximum Gasteiger partial charge on any atom is 0.416 e. The first-order valence-corrected chi connectivity index (χ1v) is 14.3. The molecule has 0 bridgehead atoms. The van der Waals surface area contributed by atoms with Crippen LogP contribution in [0, 0.1) is 17.8 Å². The first kappa shape index (κ1) is 30.2. The van der Waals surface area contributed by atoms with Crippen molar-refractivity contribution in [2.24, 2.45) is 17.8 Å². The van der Waals surface area contributed by atoms with E-state index in [1.807, 2.05) is 13.8 Å². The molecule has 2 aliphatic rings. The Labute approximate surface area is 222 Å². The summed E-state index contributed by atoms with van der Waals surface area (Å²) in [5.41, 5.74) is -1.74. The Morgan fingerprint density at radius 2 is 1.82 bits per heavy atom. The number of halogens is 3. The number of fused-ring (bicyclic) bond motifs is 1. The second kappa shape index (κ2) is 11.0. The summed E-state index contributed by atoms with van der Waals surface area (Å²) in [6.07, 6.45) is -3.51. The number of ether oxygens (including phenoxy) is 1. The summed E-state index contributed by atoms with van der Waals surface area (Å²) in [5.74, 6) is -0.414. The molecule has 38 heavy (non-hydrogen) atoms. The van der Waals surface area contributed by atoms with Gasteiger partial charge in [-0.1, -0.05) is 19.9 Å². The quantitative estimate of drug-likeness (QED) is 0.529. The molecule has 1 aliphatic carbocycles. The number of likely N-dealkylation sites (N-methyl/N-ethyl adjacent to an activating group) is 1. The van der Waals surface area contributed by atoms with E-state index in [4.69, 9.17) is 4.74 Å². The summed E-state index contributed by atoms with van der Waals surface area (Å²) in [5, 5.41) is 3.04. The fourth-order valence-corrected chi connectivity index (χ4v) is 6.79. The Kier molecular flexibility index (Phi) is 8.77. The molecule has 1 heterocycles. The van der Waals surface area contributed by atoms with Gasteiger partial charge in [0, 0.05) is 26.2 Å². The van der Waals surface area contributed by atoms with Gasteiger partial charge in [-0.05, 0) is 76.0 Å². The van der Waals surface area contributed by atoms with Crippen LogP contribution < -0.4 is 5.32 Å². The number of amides is 2. The van der Waals surface area contributed by atoms with Crippen LogP contribution in [0.2, 0.25) is 0 Å². The van der Waals surface area contributed by atoms with Crippen LogP contribution in [0.5, 0.6) is 0 Å². The standard InChI is InChI=1S/C26H38F3N3O5S/c1-16(2)12-22(31(6)24(34)37-25(3,4)5)23(33)30-21-11-10-17-14-32(15-20(17)21)38(35,36)19-9-7-8-18(13-19)26(27,28)29/h7-9,13,16-17,20-22H,10-12,14-15H2,1-6H3,(H,30,33)/t17-,20?,21?,22?/m0/s1. The number of hydrogen-bond acceptors (Lipinski definition) is 5. The highest BCUT2D eigenvalue weighted by Gasteiger charge is 2.47. The van der Waals surface area contributed by atoms with Crippen LogP contribution in [0.1, 0.15) is 59.4 Å². The minimum Gasteiger partial charge on any atom is -0.444 e. The maximum atomic E-state index is 13.4. The van der Waals surface area contributed by atoms with Gasteiger partial charge in [-0.2, -0.15) is 17.5 Å². The van der Waals surface area contributed by atoms with Gasteiger partial charge in [0.1, 0.15) is 11.6 Å². The number of carbonyl (C=O) groups is 2. The van der Waals surface area contributed by atoms with Crippen LogP contribution in [-0.2, 0) is 25.7 Å². The lowest BCUT2D eigenvalue weighted by molar-refractivity contribution is -0.137. The number of carbonyl (C=O) groups excluding carboxylic acids is 2. The van der Waals surface area contributed by atoms with Gasteiger partial charge in [-0.25, -0.2) is 13.2 Å². The zero-order valence-corrected chi connectivity index (χ0v) is 23.5. The molecule has 1 saturated heterocycles. The lowest BCUT2D eigenvalue weighted by Gasteiger charge is -2.32. The van der Waals surface area contributed by atoms with E-state index in [9.17, 15) is 31.2 Å². The smallest absolute Gasteiger partial charge is 0.416 e. The van der Waals surface area contributed by atoms with Gasteiger partial charge in [0.2, 0.25) is 15.9 Å². The van der Waals surface area contributed by atoms with Gasteiger partial charge in [-0.15, -0.1) is 0 Å². The van der Waals surface area contributed by atoms with Crippen LogP contribution in [0.15, 0.2) is 29.2 Å². The third-order valence-corrected chi connectivity index (χ3v) is 8.92. The Balaban J connectivity index is 1.73. The summed E-state index contributed by atoms with van der Waals surface area (Å²) in [6, 6.07) is 2.68. The molecule has 3 rings (SSSR count). The van der Waals surface area contributed by atoms with Crippen LogP contribution in [-0.4, -0.2) is 67.4 Å². The van der Waals surface area contributed by atoms with Crippen molar-refractivity contribution >= 4 is 22.0 Å². The van der Waals surface area contributed by atoms with Gasteiger partial charge < -0.3 is 10.1 Å². The van der Waals surface area contributed by atoms with E-state index >= 15 is 0 Å². The number of benzene rings is 1. The fraction of sp³-hybridized carbons (Fsp3) is 0.692. The molecule has 12 heteroatoms. The summed E-state index contributed by atoms with van der Waals surface area (Å²) >= 11 is 0. The lowest BCUT2D eigenvalue weighted by atomic mass is 9.96. The SMILES string of the molecule is CC(C)CC(C(=O)NC1CC[C@H]2CN(S(=O)(=O)c3cccc(C(F)(F)F)c3)CC12)N(C)C(=O)OC(C)(C)C. The molecule has 2 fully saturated rings. The molecular formula is C26H38F3N3O5S. The first-order chi connectivity index (χ1) is 17.4. The molecule has 4 atom stereocenters.